The number of rotatable bonds is 3. The van der Waals surface area contributed by atoms with Gasteiger partial charge in [0.05, 0.1) is 18.9 Å². The van der Waals surface area contributed by atoms with Crippen LogP contribution in [0.5, 0.6) is 0 Å². The molecule has 8 heteroatoms. The largest absolute Gasteiger partial charge is 0.376 e. The molecule has 2 fully saturated rings. The van der Waals surface area contributed by atoms with Gasteiger partial charge in [0.15, 0.2) is 17.0 Å². The number of fused-ring (bicyclic) bond motifs is 2. The molecule has 6 rings (SSSR count). The van der Waals surface area contributed by atoms with E-state index in [1.807, 2.05) is 6.20 Å². The van der Waals surface area contributed by atoms with Crippen molar-refractivity contribution in [3.05, 3.63) is 42.1 Å². The summed E-state index contributed by atoms with van der Waals surface area (Å²) in [7, 11) is 0. The van der Waals surface area contributed by atoms with Crippen molar-refractivity contribution in [1.82, 2.24) is 20.2 Å². The van der Waals surface area contributed by atoms with Crippen molar-refractivity contribution >= 4 is 34.1 Å². The normalized spacial score (nSPS) is 24.1. The Morgan fingerprint density at radius 2 is 2.09 bits per heavy atom. The number of anilines is 3. The van der Waals surface area contributed by atoms with Gasteiger partial charge in [-0.1, -0.05) is 24.3 Å². The zero-order valence-corrected chi connectivity index (χ0v) is 20.0. The number of hydrogen-bond acceptors (Lipinski definition) is 7. The van der Waals surface area contributed by atoms with E-state index in [1.165, 1.54) is 16.8 Å². The van der Waals surface area contributed by atoms with Crippen molar-refractivity contribution in [2.45, 2.75) is 51.7 Å². The molecule has 2 aromatic heterocycles. The van der Waals surface area contributed by atoms with Gasteiger partial charge in [-0.3, -0.25) is 5.10 Å². The van der Waals surface area contributed by atoms with E-state index in [1.54, 1.807) is 0 Å². The van der Waals surface area contributed by atoms with Crippen molar-refractivity contribution in [3.63, 3.8) is 0 Å². The van der Waals surface area contributed by atoms with Crippen LogP contribution in [0.15, 0.2) is 31.0 Å². The van der Waals surface area contributed by atoms with E-state index in [0.29, 0.717) is 0 Å². The molecule has 2 saturated heterocycles. The van der Waals surface area contributed by atoms with Gasteiger partial charge in [0.1, 0.15) is 5.82 Å². The zero-order valence-electron chi connectivity index (χ0n) is 20.0. The highest BCUT2D eigenvalue weighted by Crippen LogP contribution is 2.42. The maximum atomic E-state index is 6.49. The summed E-state index contributed by atoms with van der Waals surface area (Å²) >= 11 is 0. The van der Waals surface area contributed by atoms with E-state index in [9.17, 15) is 0 Å². The third kappa shape index (κ3) is 3.31. The minimum Gasteiger partial charge on any atom is -0.376 e. The molecule has 178 valence electrons. The molecule has 3 aromatic rings. The summed E-state index contributed by atoms with van der Waals surface area (Å²) in [4.78, 5) is 14.3. The van der Waals surface area contributed by atoms with Crippen LogP contribution in [0.3, 0.4) is 0 Å². The highest BCUT2D eigenvalue weighted by atomic mass is 16.5. The third-order valence-electron chi connectivity index (χ3n) is 8.14. The van der Waals surface area contributed by atoms with Gasteiger partial charge >= 0.3 is 0 Å². The second kappa shape index (κ2) is 8.06. The number of hydrogen-bond donors (Lipinski definition) is 2. The van der Waals surface area contributed by atoms with Crippen LogP contribution >= 0.6 is 0 Å². The molecule has 3 aliphatic rings. The van der Waals surface area contributed by atoms with Crippen LogP contribution in [0.2, 0.25) is 0 Å². The summed E-state index contributed by atoms with van der Waals surface area (Å²) in [5.41, 5.74) is 13.0. The van der Waals surface area contributed by atoms with Crippen LogP contribution in [0.1, 0.15) is 44.2 Å². The predicted molar refractivity (Wildman–Crippen MR) is 135 cm³/mol. The maximum absolute atomic E-state index is 6.49. The lowest BCUT2D eigenvalue weighted by atomic mass is 9.73. The first-order chi connectivity index (χ1) is 16.5. The van der Waals surface area contributed by atoms with E-state index in [4.69, 9.17) is 20.4 Å². The Morgan fingerprint density at radius 1 is 1.26 bits per heavy atom. The SMILES string of the molecule is C=C(C)c1cccc2c1CCCN2c1n[nH]c2nc(N3CCC4(CC3)CO[C@@H](C)[C@H]4N)cnc12. The van der Waals surface area contributed by atoms with Crippen molar-refractivity contribution in [2.24, 2.45) is 11.1 Å². The van der Waals surface area contributed by atoms with Gasteiger partial charge in [0.25, 0.3) is 0 Å². The number of aromatic amines is 1. The standard InChI is InChI=1S/C26H33N7O/c1-16(2)18-6-4-8-20-19(18)7-5-11-33(20)25-22-24(30-31-25)29-21(14-28-22)32-12-9-26(10-13-32)15-34-17(3)23(26)27/h4,6,8,14,17,23H,1,5,7,9-13,15,27H2,2-3H3,(H,29,30,31)/t17-,23+/m0/s1. The molecule has 5 heterocycles. The third-order valence-corrected chi connectivity index (χ3v) is 8.14. The molecular weight excluding hydrogens is 426 g/mol. The number of piperidine rings is 1. The highest BCUT2D eigenvalue weighted by Gasteiger charge is 2.47. The minimum absolute atomic E-state index is 0.0961. The van der Waals surface area contributed by atoms with E-state index in [0.717, 1.165) is 80.3 Å². The Kier molecular flexibility index (Phi) is 5.11. The van der Waals surface area contributed by atoms with Crippen molar-refractivity contribution in [1.29, 1.82) is 0 Å². The molecule has 0 radical (unpaired) electrons. The topological polar surface area (TPSA) is 96.2 Å². The summed E-state index contributed by atoms with van der Waals surface area (Å²) in [6.45, 7) is 11.8. The fraction of sp³-hybridized carbons (Fsp3) is 0.500. The van der Waals surface area contributed by atoms with Gasteiger partial charge in [0.2, 0.25) is 0 Å². The van der Waals surface area contributed by atoms with Gasteiger partial charge in [-0.05, 0) is 56.7 Å². The monoisotopic (exact) mass is 459 g/mol. The molecule has 1 spiro atoms. The summed E-state index contributed by atoms with van der Waals surface area (Å²) in [6.07, 6.45) is 6.18. The molecule has 3 aliphatic heterocycles. The minimum atomic E-state index is 0.0961. The first-order valence-corrected chi connectivity index (χ1v) is 12.4. The van der Waals surface area contributed by atoms with Gasteiger partial charge in [-0.2, -0.15) is 5.10 Å². The van der Waals surface area contributed by atoms with Crippen LogP contribution in [-0.4, -0.2) is 58.6 Å². The van der Waals surface area contributed by atoms with Crippen LogP contribution in [-0.2, 0) is 11.2 Å². The molecule has 2 atom stereocenters. The Balaban J connectivity index is 1.27. The number of nitrogens with zero attached hydrogens (tertiary/aromatic N) is 5. The fourth-order valence-corrected chi connectivity index (χ4v) is 6.02. The molecule has 0 bridgehead atoms. The second-order valence-corrected chi connectivity index (χ2v) is 10.2. The average molecular weight is 460 g/mol. The van der Waals surface area contributed by atoms with Crippen LogP contribution < -0.4 is 15.5 Å². The number of ether oxygens (including phenoxy) is 1. The number of benzene rings is 1. The highest BCUT2D eigenvalue weighted by molar-refractivity contribution is 5.88. The molecule has 0 aliphatic carbocycles. The van der Waals surface area contributed by atoms with E-state index in [2.05, 4.69) is 58.6 Å². The van der Waals surface area contributed by atoms with Gasteiger partial charge < -0.3 is 20.3 Å². The molecule has 1 aromatic carbocycles. The fourth-order valence-electron chi connectivity index (χ4n) is 6.02. The molecule has 0 amide bonds. The smallest absolute Gasteiger partial charge is 0.183 e. The Labute approximate surface area is 200 Å². The quantitative estimate of drug-likeness (QED) is 0.615. The molecule has 0 saturated carbocycles. The molecular formula is C26H33N7O. The van der Waals surface area contributed by atoms with Crippen molar-refractivity contribution in [2.75, 3.05) is 36.0 Å². The number of nitrogens with one attached hydrogen (secondary N) is 1. The molecule has 8 nitrogen and oxygen atoms in total. The van der Waals surface area contributed by atoms with Crippen LogP contribution in [0.25, 0.3) is 16.7 Å². The van der Waals surface area contributed by atoms with Crippen LogP contribution in [0.4, 0.5) is 17.3 Å². The Hall–Kier alpha value is -2.97. The summed E-state index contributed by atoms with van der Waals surface area (Å²) < 4.78 is 5.87. The predicted octanol–water partition coefficient (Wildman–Crippen LogP) is 3.80. The van der Waals surface area contributed by atoms with E-state index >= 15 is 0 Å². The number of aromatic nitrogens is 4. The van der Waals surface area contributed by atoms with Crippen LogP contribution in [0, 0.1) is 5.41 Å². The molecule has 34 heavy (non-hydrogen) atoms. The molecule has 3 N–H and O–H groups in total. The summed E-state index contributed by atoms with van der Waals surface area (Å²) in [5.74, 6) is 1.73. The lowest BCUT2D eigenvalue weighted by Gasteiger charge is -2.41. The maximum Gasteiger partial charge on any atom is 0.183 e. The lowest BCUT2D eigenvalue weighted by molar-refractivity contribution is 0.0974. The van der Waals surface area contributed by atoms with Gasteiger partial charge in [-0.15, -0.1) is 0 Å². The lowest BCUT2D eigenvalue weighted by Crippen LogP contribution is -2.50. The average Bonchev–Trinajstić information content (AvgIpc) is 3.40. The zero-order chi connectivity index (χ0) is 23.4. The molecule has 0 unspecified atom stereocenters. The Bertz CT molecular complexity index is 1240. The number of allylic oxidation sites excluding steroid dienone is 1. The Morgan fingerprint density at radius 3 is 2.82 bits per heavy atom. The van der Waals surface area contributed by atoms with Crippen molar-refractivity contribution in [3.8, 4) is 0 Å². The van der Waals surface area contributed by atoms with Gasteiger partial charge in [-0.25, -0.2) is 9.97 Å². The number of nitrogens with two attached hydrogens (primary N) is 1. The first kappa shape index (κ1) is 21.6. The van der Waals surface area contributed by atoms with E-state index < -0.39 is 0 Å². The summed E-state index contributed by atoms with van der Waals surface area (Å²) in [5, 5.41) is 7.80. The van der Waals surface area contributed by atoms with Gasteiger partial charge in [0, 0.05) is 36.8 Å². The summed E-state index contributed by atoms with van der Waals surface area (Å²) in [6, 6.07) is 6.54. The van der Waals surface area contributed by atoms with Crippen molar-refractivity contribution < 1.29 is 4.74 Å². The first-order valence-electron chi connectivity index (χ1n) is 12.4. The second-order valence-electron chi connectivity index (χ2n) is 10.2. The number of H-pyrrole nitrogens is 1. The van der Waals surface area contributed by atoms with E-state index in [-0.39, 0.29) is 17.6 Å².